The molecule has 21 heavy (non-hydrogen) atoms. The summed E-state index contributed by atoms with van der Waals surface area (Å²) in [6, 6.07) is 11.2. The molecule has 0 atom stereocenters. The number of benzene rings is 2. The third-order valence-corrected chi connectivity index (χ3v) is 3.95. The normalized spacial score (nSPS) is 10.8. The lowest BCUT2D eigenvalue weighted by Crippen LogP contribution is -2.01. The van der Waals surface area contributed by atoms with Crippen LogP contribution in [0.2, 0.25) is 5.02 Å². The van der Waals surface area contributed by atoms with Crippen molar-refractivity contribution < 1.29 is 0 Å². The number of tetrazole rings is 1. The van der Waals surface area contributed by atoms with Crippen LogP contribution in [0, 0.1) is 6.92 Å². The van der Waals surface area contributed by atoms with Crippen molar-refractivity contribution in [2.45, 2.75) is 6.92 Å². The molecule has 3 aromatic rings. The van der Waals surface area contributed by atoms with Gasteiger partial charge in [0.2, 0.25) is 0 Å². The number of hydrogen-bond donors (Lipinski definition) is 1. The molecule has 0 aliphatic carbocycles. The van der Waals surface area contributed by atoms with Crippen molar-refractivity contribution in [2.75, 3.05) is 5.73 Å². The fraction of sp³-hybridized carbons (Fsp3) is 0.0714. The monoisotopic (exact) mass is 363 g/mol. The van der Waals surface area contributed by atoms with E-state index in [0.717, 1.165) is 21.3 Å². The van der Waals surface area contributed by atoms with Gasteiger partial charge in [-0.3, -0.25) is 0 Å². The maximum atomic E-state index is 6.25. The summed E-state index contributed by atoms with van der Waals surface area (Å²) in [6.45, 7) is 1.94. The lowest BCUT2D eigenvalue weighted by molar-refractivity contribution is 0.791. The van der Waals surface area contributed by atoms with Gasteiger partial charge in [-0.15, -0.1) is 5.10 Å². The van der Waals surface area contributed by atoms with Crippen LogP contribution in [-0.4, -0.2) is 20.2 Å². The van der Waals surface area contributed by atoms with Crippen LogP contribution in [0.3, 0.4) is 0 Å². The molecule has 1 heterocycles. The van der Waals surface area contributed by atoms with Crippen LogP contribution in [0.4, 0.5) is 5.69 Å². The summed E-state index contributed by atoms with van der Waals surface area (Å²) in [7, 11) is 0. The molecule has 0 aliphatic rings. The van der Waals surface area contributed by atoms with Crippen molar-refractivity contribution in [1.82, 2.24) is 20.2 Å². The Kier molecular flexibility index (Phi) is 3.65. The largest absolute Gasteiger partial charge is 0.399 e. The molecule has 0 unspecified atom stereocenters. The van der Waals surface area contributed by atoms with E-state index in [1.165, 1.54) is 0 Å². The molecule has 0 saturated carbocycles. The van der Waals surface area contributed by atoms with Crippen molar-refractivity contribution in [3.05, 3.63) is 51.5 Å². The molecule has 1 aromatic heterocycles. The molecule has 3 rings (SSSR count). The van der Waals surface area contributed by atoms with Crippen LogP contribution in [0.5, 0.6) is 0 Å². The van der Waals surface area contributed by atoms with Crippen LogP contribution < -0.4 is 5.73 Å². The molecule has 0 fully saturated rings. The van der Waals surface area contributed by atoms with Crippen LogP contribution in [-0.2, 0) is 0 Å². The Morgan fingerprint density at radius 3 is 2.76 bits per heavy atom. The van der Waals surface area contributed by atoms with Gasteiger partial charge >= 0.3 is 0 Å². The van der Waals surface area contributed by atoms with Crippen molar-refractivity contribution in [3.63, 3.8) is 0 Å². The third kappa shape index (κ3) is 2.64. The minimum atomic E-state index is 0.568. The predicted octanol–water partition coefficient (Wildman–Crippen LogP) is 3.64. The average molecular weight is 365 g/mol. The maximum Gasteiger partial charge on any atom is 0.187 e. The molecule has 2 N–H and O–H groups in total. The van der Waals surface area contributed by atoms with Gasteiger partial charge in [-0.1, -0.05) is 27.5 Å². The average Bonchev–Trinajstić information content (AvgIpc) is 2.93. The highest BCUT2D eigenvalue weighted by molar-refractivity contribution is 9.10. The van der Waals surface area contributed by atoms with Crippen molar-refractivity contribution in [2.24, 2.45) is 0 Å². The molecule has 0 spiro atoms. The fourth-order valence-electron chi connectivity index (χ4n) is 1.99. The molecule has 2 aromatic carbocycles. The Morgan fingerprint density at radius 2 is 2.00 bits per heavy atom. The van der Waals surface area contributed by atoms with Gasteiger partial charge in [0.1, 0.15) is 0 Å². The Balaban J connectivity index is 2.17. The van der Waals surface area contributed by atoms with Gasteiger partial charge < -0.3 is 5.73 Å². The first kappa shape index (κ1) is 14.0. The van der Waals surface area contributed by atoms with E-state index < -0.39 is 0 Å². The van der Waals surface area contributed by atoms with E-state index in [-0.39, 0.29) is 0 Å². The van der Waals surface area contributed by atoms with Gasteiger partial charge in [0.15, 0.2) is 5.82 Å². The zero-order chi connectivity index (χ0) is 15.0. The standard InChI is InChI=1S/C14H11BrClN5/c1-8-6-9(2-5-12(8)17)14-18-19-20-21(14)13-7-10(15)3-4-11(13)16/h2-7H,17H2,1H3. The number of rotatable bonds is 2. The summed E-state index contributed by atoms with van der Waals surface area (Å²) in [5.74, 6) is 0.609. The number of nitrogen functional groups attached to an aromatic ring is 1. The van der Waals surface area contributed by atoms with Crippen molar-refractivity contribution in [3.8, 4) is 17.1 Å². The molecule has 0 aliphatic heterocycles. The summed E-state index contributed by atoms with van der Waals surface area (Å²) in [4.78, 5) is 0. The van der Waals surface area contributed by atoms with Gasteiger partial charge in [-0.25, -0.2) is 0 Å². The fourth-order valence-corrected chi connectivity index (χ4v) is 2.54. The predicted molar refractivity (Wildman–Crippen MR) is 86.4 cm³/mol. The van der Waals surface area contributed by atoms with E-state index in [1.54, 1.807) is 10.7 Å². The molecule has 5 nitrogen and oxygen atoms in total. The number of halogens is 2. The zero-order valence-electron chi connectivity index (χ0n) is 11.1. The van der Waals surface area contributed by atoms with Gasteiger partial charge in [-0.2, -0.15) is 4.68 Å². The van der Waals surface area contributed by atoms with E-state index in [1.807, 2.05) is 37.3 Å². The van der Waals surface area contributed by atoms with Gasteiger partial charge in [-0.05, 0) is 59.3 Å². The van der Waals surface area contributed by atoms with Crippen molar-refractivity contribution in [1.29, 1.82) is 0 Å². The second-order valence-corrected chi connectivity index (χ2v) is 5.90. The van der Waals surface area contributed by atoms with E-state index in [0.29, 0.717) is 16.5 Å². The molecule has 0 bridgehead atoms. The number of nitrogens with zero attached hydrogens (tertiary/aromatic N) is 4. The second kappa shape index (κ2) is 5.46. The number of anilines is 1. The summed E-state index contributed by atoms with van der Waals surface area (Å²) < 4.78 is 2.51. The van der Waals surface area contributed by atoms with E-state index in [2.05, 4.69) is 31.5 Å². The van der Waals surface area contributed by atoms with Crippen LogP contribution in [0.25, 0.3) is 17.1 Å². The van der Waals surface area contributed by atoms with Crippen LogP contribution in [0.15, 0.2) is 40.9 Å². The van der Waals surface area contributed by atoms with E-state index in [9.17, 15) is 0 Å². The SMILES string of the molecule is Cc1cc(-c2nnnn2-c2cc(Br)ccc2Cl)ccc1N. The Morgan fingerprint density at radius 1 is 1.19 bits per heavy atom. The Labute approximate surface area is 134 Å². The molecule has 0 saturated heterocycles. The lowest BCUT2D eigenvalue weighted by atomic mass is 10.1. The Bertz CT molecular complexity index is 815. The van der Waals surface area contributed by atoms with Crippen LogP contribution in [0.1, 0.15) is 5.56 Å². The molecule has 7 heteroatoms. The number of nitrogens with two attached hydrogens (primary N) is 1. The molecule has 0 amide bonds. The number of aromatic nitrogens is 4. The van der Waals surface area contributed by atoms with Crippen LogP contribution >= 0.6 is 27.5 Å². The number of hydrogen-bond acceptors (Lipinski definition) is 4. The minimum Gasteiger partial charge on any atom is -0.399 e. The molecular formula is C14H11BrClN5. The maximum absolute atomic E-state index is 6.25. The lowest BCUT2D eigenvalue weighted by Gasteiger charge is -2.08. The molecule has 0 radical (unpaired) electrons. The quantitative estimate of drug-likeness (QED) is 0.705. The number of aryl methyl sites for hydroxylation is 1. The molecule has 106 valence electrons. The highest BCUT2D eigenvalue weighted by Crippen LogP contribution is 2.28. The van der Waals surface area contributed by atoms with E-state index in [4.69, 9.17) is 17.3 Å². The Hall–Kier alpha value is -1.92. The summed E-state index contributed by atoms with van der Waals surface area (Å²) in [6.07, 6.45) is 0. The third-order valence-electron chi connectivity index (χ3n) is 3.13. The highest BCUT2D eigenvalue weighted by Gasteiger charge is 2.14. The first-order valence-electron chi connectivity index (χ1n) is 6.16. The minimum absolute atomic E-state index is 0.568. The highest BCUT2D eigenvalue weighted by atomic mass is 79.9. The summed E-state index contributed by atoms with van der Waals surface area (Å²) in [5, 5.41) is 12.5. The first-order valence-corrected chi connectivity index (χ1v) is 7.33. The zero-order valence-corrected chi connectivity index (χ0v) is 13.4. The van der Waals surface area contributed by atoms with Crippen molar-refractivity contribution >= 4 is 33.2 Å². The topological polar surface area (TPSA) is 69.6 Å². The smallest absolute Gasteiger partial charge is 0.187 e. The van der Waals surface area contributed by atoms with E-state index >= 15 is 0 Å². The van der Waals surface area contributed by atoms with Gasteiger partial charge in [0.05, 0.1) is 10.7 Å². The summed E-state index contributed by atoms with van der Waals surface area (Å²) in [5.41, 5.74) is 9.14. The molecular weight excluding hydrogens is 354 g/mol. The summed E-state index contributed by atoms with van der Waals surface area (Å²) >= 11 is 9.67. The van der Waals surface area contributed by atoms with Gasteiger partial charge in [0, 0.05) is 15.7 Å². The van der Waals surface area contributed by atoms with Gasteiger partial charge in [0.25, 0.3) is 0 Å². The first-order chi connectivity index (χ1) is 10.1. The second-order valence-electron chi connectivity index (χ2n) is 4.58.